The number of hydrogen-bond acceptors (Lipinski definition) is 5. The lowest BCUT2D eigenvalue weighted by atomic mass is 10.0. The Morgan fingerprint density at radius 2 is 2.40 bits per heavy atom. The molecule has 1 N–H and O–H groups in total. The highest BCUT2D eigenvalue weighted by molar-refractivity contribution is 5.62. The Hall–Kier alpha value is -1.69. The summed E-state index contributed by atoms with van der Waals surface area (Å²) in [6.45, 7) is 6.55. The summed E-state index contributed by atoms with van der Waals surface area (Å²) in [6, 6.07) is 1.99. The van der Waals surface area contributed by atoms with Gasteiger partial charge in [-0.2, -0.15) is 0 Å². The number of piperidine rings is 1. The van der Waals surface area contributed by atoms with Crippen molar-refractivity contribution in [1.82, 2.24) is 10.3 Å². The number of anilines is 1. The molecule has 0 saturated carbocycles. The van der Waals surface area contributed by atoms with Crippen LogP contribution in [0.1, 0.15) is 31.7 Å². The second-order valence-electron chi connectivity index (χ2n) is 5.25. The molecule has 1 aromatic heterocycles. The summed E-state index contributed by atoms with van der Waals surface area (Å²) in [5, 5.41) is 14.7. The molecule has 0 aromatic carbocycles. The van der Waals surface area contributed by atoms with Crippen LogP contribution in [-0.4, -0.2) is 35.6 Å². The first-order chi connectivity index (χ1) is 9.65. The van der Waals surface area contributed by atoms with Crippen molar-refractivity contribution >= 4 is 11.5 Å². The fraction of sp³-hybridized carbons (Fsp3) is 0.643. The van der Waals surface area contributed by atoms with E-state index in [9.17, 15) is 10.1 Å². The van der Waals surface area contributed by atoms with E-state index in [4.69, 9.17) is 0 Å². The van der Waals surface area contributed by atoms with Gasteiger partial charge in [-0.3, -0.25) is 10.1 Å². The third-order valence-corrected chi connectivity index (χ3v) is 3.74. The molecule has 0 aliphatic carbocycles. The van der Waals surface area contributed by atoms with Crippen molar-refractivity contribution in [2.45, 2.75) is 39.2 Å². The molecule has 0 bridgehead atoms. The van der Waals surface area contributed by atoms with Crippen LogP contribution >= 0.6 is 0 Å². The molecule has 1 atom stereocenters. The molecular formula is C14H22N4O2. The van der Waals surface area contributed by atoms with Crippen LogP contribution in [0.25, 0.3) is 0 Å². The van der Waals surface area contributed by atoms with E-state index in [2.05, 4.69) is 22.1 Å². The standard InChI is InChI=1S/C14H22N4O2/c1-3-9-17(12-5-4-7-15-10-12)14-13(18(19)20)11(2)6-8-16-14/h6,8,12,15H,3-5,7,9-10H2,1-2H3. The van der Waals surface area contributed by atoms with Gasteiger partial charge in [0, 0.05) is 30.9 Å². The number of nitrogens with one attached hydrogen (secondary N) is 1. The van der Waals surface area contributed by atoms with E-state index in [-0.39, 0.29) is 16.7 Å². The molecule has 2 heterocycles. The predicted octanol–water partition coefficient (Wildman–Crippen LogP) is 2.27. The smallest absolute Gasteiger partial charge is 0.314 e. The zero-order chi connectivity index (χ0) is 14.5. The normalized spacial score (nSPS) is 18.8. The number of aromatic nitrogens is 1. The van der Waals surface area contributed by atoms with E-state index in [0.717, 1.165) is 38.9 Å². The van der Waals surface area contributed by atoms with Crippen molar-refractivity contribution in [1.29, 1.82) is 0 Å². The highest BCUT2D eigenvalue weighted by atomic mass is 16.6. The van der Waals surface area contributed by atoms with Crippen LogP contribution in [0.15, 0.2) is 12.3 Å². The maximum Gasteiger partial charge on any atom is 0.314 e. The van der Waals surface area contributed by atoms with Gasteiger partial charge >= 0.3 is 5.69 Å². The molecule has 0 amide bonds. The largest absolute Gasteiger partial charge is 0.347 e. The Bertz CT molecular complexity index is 472. The van der Waals surface area contributed by atoms with Crippen LogP contribution in [-0.2, 0) is 0 Å². The molecule has 110 valence electrons. The fourth-order valence-corrected chi connectivity index (χ4v) is 2.77. The molecular weight excluding hydrogens is 256 g/mol. The summed E-state index contributed by atoms with van der Waals surface area (Å²) in [5.74, 6) is 0.519. The van der Waals surface area contributed by atoms with E-state index in [0.29, 0.717) is 11.4 Å². The quantitative estimate of drug-likeness (QED) is 0.661. The number of rotatable bonds is 5. The first kappa shape index (κ1) is 14.7. The van der Waals surface area contributed by atoms with E-state index < -0.39 is 0 Å². The van der Waals surface area contributed by atoms with Crippen LogP contribution in [0.5, 0.6) is 0 Å². The second kappa shape index (κ2) is 6.65. The zero-order valence-electron chi connectivity index (χ0n) is 12.1. The fourth-order valence-electron chi connectivity index (χ4n) is 2.77. The van der Waals surface area contributed by atoms with Gasteiger partial charge in [0.1, 0.15) is 0 Å². The van der Waals surface area contributed by atoms with Crippen molar-refractivity contribution in [3.63, 3.8) is 0 Å². The van der Waals surface area contributed by atoms with E-state index >= 15 is 0 Å². The summed E-state index contributed by atoms with van der Waals surface area (Å²) in [4.78, 5) is 17.5. The molecule has 1 aliphatic heterocycles. The summed E-state index contributed by atoms with van der Waals surface area (Å²) in [6.07, 6.45) is 4.77. The molecule has 2 rings (SSSR count). The summed E-state index contributed by atoms with van der Waals surface area (Å²) in [7, 11) is 0. The van der Waals surface area contributed by atoms with Gasteiger partial charge in [0.25, 0.3) is 0 Å². The predicted molar refractivity (Wildman–Crippen MR) is 79.2 cm³/mol. The van der Waals surface area contributed by atoms with Crippen LogP contribution in [0.2, 0.25) is 0 Å². The lowest BCUT2D eigenvalue weighted by Crippen LogP contribution is -2.47. The van der Waals surface area contributed by atoms with Crippen molar-refractivity contribution in [2.24, 2.45) is 0 Å². The maximum absolute atomic E-state index is 11.4. The summed E-state index contributed by atoms with van der Waals surface area (Å²) < 4.78 is 0. The average Bonchev–Trinajstić information content (AvgIpc) is 2.45. The monoisotopic (exact) mass is 278 g/mol. The first-order valence-corrected chi connectivity index (χ1v) is 7.22. The van der Waals surface area contributed by atoms with Gasteiger partial charge in [0.15, 0.2) is 0 Å². The third-order valence-electron chi connectivity index (χ3n) is 3.74. The Morgan fingerprint density at radius 1 is 1.60 bits per heavy atom. The Morgan fingerprint density at radius 3 is 3.00 bits per heavy atom. The van der Waals surface area contributed by atoms with Gasteiger partial charge in [0.05, 0.1) is 4.92 Å². The average molecular weight is 278 g/mol. The van der Waals surface area contributed by atoms with Crippen molar-refractivity contribution in [3.05, 3.63) is 27.9 Å². The molecule has 0 spiro atoms. The number of hydrogen-bond donors (Lipinski definition) is 1. The number of aryl methyl sites for hydroxylation is 1. The van der Waals surface area contributed by atoms with Crippen LogP contribution in [0.4, 0.5) is 11.5 Å². The zero-order valence-corrected chi connectivity index (χ0v) is 12.1. The second-order valence-corrected chi connectivity index (χ2v) is 5.25. The first-order valence-electron chi connectivity index (χ1n) is 7.22. The van der Waals surface area contributed by atoms with Gasteiger partial charge in [-0.05, 0) is 38.8 Å². The van der Waals surface area contributed by atoms with Gasteiger partial charge < -0.3 is 10.2 Å². The molecule has 0 radical (unpaired) electrons. The van der Waals surface area contributed by atoms with Crippen molar-refractivity contribution < 1.29 is 4.92 Å². The van der Waals surface area contributed by atoms with E-state index in [1.807, 2.05) is 0 Å². The van der Waals surface area contributed by atoms with Gasteiger partial charge in [0.2, 0.25) is 5.82 Å². The maximum atomic E-state index is 11.4. The molecule has 20 heavy (non-hydrogen) atoms. The topological polar surface area (TPSA) is 71.3 Å². The molecule has 6 nitrogen and oxygen atoms in total. The van der Waals surface area contributed by atoms with Gasteiger partial charge in [-0.25, -0.2) is 4.98 Å². The molecule has 1 unspecified atom stereocenters. The van der Waals surface area contributed by atoms with E-state index in [1.54, 1.807) is 19.2 Å². The van der Waals surface area contributed by atoms with Gasteiger partial charge in [-0.15, -0.1) is 0 Å². The Kier molecular flexibility index (Phi) is 4.89. The molecule has 6 heteroatoms. The van der Waals surface area contributed by atoms with Gasteiger partial charge in [-0.1, -0.05) is 6.92 Å². The van der Waals surface area contributed by atoms with Crippen molar-refractivity contribution in [3.8, 4) is 0 Å². The Labute approximate surface area is 119 Å². The third kappa shape index (κ3) is 3.07. The van der Waals surface area contributed by atoms with E-state index in [1.165, 1.54) is 0 Å². The lowest BCUT2D eigenvalue weighted by Gasteiger charge is -2.35. The molecule has 1 fully saturated rings. The highest BCUT2D eigenvalue weighted by Gasteiger charge is 2.28. The SMILES string of the molecule is CCCN(c1nccc(C)c1[N+](=O)[O-])C1CCCNC1. The lowest BCUT2D eigenvalue weighted by molar-refractivity contribution is -0.384. The van der Waals surface area contributed by atoms with Crippen molar-refractivity contribution in [2.75, 3.05) is 24.5 Å². The molecule has 1 saturated heterocycles. The van der Waals surface area contributed by atoms with Crippen LogP contribution < -0.4 is 10.2 Å². The summed E-state index contributed by atoms with van der Waals surface area (Å²) >= 11 is 0. The summed E-state index contributed by atoms with van der Waals surface area (Å²) in [5.41, 5.74) is 0.816. The minimum Gasteiger partial charge on any atom is -0.347 e. The number of pyridine rings is 1. The molecule has 1 aliphatic rings. The molecule has 1 aromatic rings. The van der Waals surface area contributed by atoms with Crippen LogP contribution in [0.3, 0.4) is 0 Å². The highest BCUT2D eigenvalue weighted by Crippen LogP contribution is 2.31. The number of nitro groups is 1. The number of nitrogens with zero attached hydrogens (tertiary/aromatic N) is 3. The van der Waals surface area contributed by atoms with Crippen LogP contribution in [0, 0.1) is 17.0 Å². The Balaban J connectivity index is 2.38. The minimum absolute atomic E-state index is 0.145. The minimum atomic E-state index is -0.309.